The maximum Gasteiger partial charge on any atom is 0.129 e. The van der Waals surface area contributed by atoms with Gasteiger partial charge in [0.05, 0.1) is 13.2 Å². The van der Waals surface area contributed by atoms with E-state index in [2.05, 4.69) is 15.9 Å². The van der Waals surface area contributed by atoms with Gasteiger partial charge < -0.3 is 9.84 Å². The first-order chi connectivity index (χ1) is 9.11. The van der Waals surface area contributed by atoms with Crippen LogP contribution in [0.4, 0.5) is 4.39 Å². The zero-order valence-electron chi connectivity index (χ0n) is 10.4. The number of rotatable bonds is 4. The molecule has 0 saturated heterocycles. The average Bonchev–Trinajstić information content (AvgIpc) is 2.41. The number of hydrogen-bond acceptors (Lipinski definition) is 2. The van der Waals surface area contributed by atoms with Crippen molar-refractivity contribution in [3.8, 4) is 5.75 Å². The Morgan fingerprint density at radius 3 is 2.68 bits per heavy atom. The summed E-state index contributed by atoms with van der Waals surface area (Å²) >= 11 is 3.42. The molecule has 0 saturated carbocycles. The van der Waals surface area contributed by atoms with Gasteiger partial charge in [-0.1, -0.05) is 34.1 Å². The Morgan fingerprint density at radius 2 is 2.00 bits per heavy atom. The topological polar surface area (TPSA) is 29.5 Å². The van der Waals surface area contributed by atoms with Crippen LogP contribution in [0, 0.1) is 5.82 Å². The highest BCUT2D eigenvalue weighted by molar-refractivity contribution is 9.10. The maximum absolute atomic E-state index is 13.6. The molecule has 100 valence electrons. The lowest BCUT2D eigenvalue weighted by Gasteiger charge is -2.14. The fourth-order valence-corrected chi connectivity index (χ4v) is 2.31. The lowest BCUT2D eigenvalue weighted by atomic mass is 10.0. The third kappa shape index (κ3) is 3.33. The second kappa shape index (κ2) is 6.17. The van der Waals surface area contributed by atoms with Crippen LogP contribution in [-0.2, 0) is 6.42 Å². The Labute approximate surface area is 120 Å². The van der Waals surface area contributed by atoms with Crippen molar-refractivity contribution in [1.82, 2.24) is 0 Å². The molecule has 1 N–H and O–H groups in total. The molecule has 0 heterocycles. The fourth-order valence-electron chi connectivity index (χ4n) is 1.90. The molecule has 0 fully saturated rings. The minimum Gasteiger partial charge on any atom is -0.497 e. The van der Waals surface area contributed by atoms with Gasteiger partial charge in [-0.3, -0.25) is 0 Å². The molecule has 0 aliphatic heterocycles. The number of ether oxygens (including phenoxy) is 1. The molecule has 0 aliphatic rings. The van der Waals surface area contributed by atoms with E-state index in [1.165, 1.54) is 6.07 Å². The van der Waals surface area contributed by atoms with Crippen molar-refractivity contribution < 1.29 is 14.2 Å². The summed E-state index contributed by atoms with van der Waals surface area (Å²) in [5, 5.41) is 10.1. The average molecular weight is 325 g/mol. The number of halogens is 2. The molecular weight excluding hydrogens is 311 g/mol. The van der Waals surface area contributed by atoms with Crippen molar-refractivity contribution in [3.05, 3.63) is 63.9 Å². The van der Waals surface area contributed by atoms with E-state index in [1.54, 1.807) is 25.3 Å². The van der Waals surface area contributed by atoms with Crippen LogP contribution < -0.4 is 4.74 Å². The summed E-state index contributed by atoms with van der Waals surface area (Å²) in [7, 11) is 1.58. The van der Waals surface area contributed by atoms with Gasteiger partial charge in [0.1, 0.15) is 11.6 Å². The van der Waals surface area contributed by atoms with E-state index in [1.807, 2.05) is 18.2 Å². The molecule has 0 amide bonds. The normalized spacial score (nSPS) is 12.2. The van der Waals surface area contributed by atoms with Crippen molar-refractivity contribution in [2.24, 2.45) is 0 Å². The summed E-state index contributed by atoms with van der Waals surface area (Å²) in [4.78, 5) is 0. The molecule has 0 aliphatic carbocycles. The van der Waals surface area contributed by atoms with E-state index in [9.17, 15) is 9.50 Å². The predicted octanol–water partition coefficient (Wildman–Crippen LogP) is 3.87. The van der Waals surface area contributed by atoms with Gasteiger partial charge in [0.25, 0.3) is 0 Å². The molecule has 0 radical (unpaired) electrons. The third-order valence-electron chi connectivity index (χ3n) is 2.93. The lowest BCUT2D eigenvalue weighted by molar-refractivity contribution is 0.173. The zero-order chi connectivity index (χ0) is 13.8. The van der Waals surface area contributed by atoms with Gasteiger partial charge >= 0.3 is 0 Å². The van der Waals surface area contributed by atoms with E-state index < -0.39 is 11.9 Å². The first kappa shape index (κ1) is 14.0. The number of hydrogen-bond donors (Lipinski definition) is 1. The van der Waals surface area contributed by atoms with E-state index >= 15 is 0 Å². The Bertz CT molecular complexity index is 572. The molecular formula is C15H14BrFO2. The maximum atomic E-state index is 13.6. The van der Waals surface area contributed by atoms with E-state index in [0.29, 0.717) is 17.7 Å². The SMILES string of the molecule is COc1ccc(Br)c(CC(O)c2ccccc2F)c1. The molecule has 2 aromatic carbocycles. The zero-order valence-corrected chi connectivity index (χ0v) is 12.0. The molecule has 0 aromatic heterocycles. The van der Waals surface area contributed by atoms with Gasteiger partial charge in [-0.05, 0) is 29.8 Å². The largest absolute Gasteiger partial charge is 0.497 e. The molecule has 19 heavy (non-hydrogen) atoms. The number of methoxy groups -OCH3 is 1. The van der Waals surface area contributed by atoms with Crippen LogP contribution in [0.1, 0.15) is 17.2 Å². The lowest BCUT2D eigenvalue weighted by Crippen LogP contribution is -2.05. The molecule has 1 unspecified atom stereocenters. The molecule has 0 bridgehead atoms. The van der Waals surface area contributed by atoms with Gasteiger partial charge in [-0.25, -0.2) is 4.39 Å². The highest BCUT2D eigenvalue weighted by atomic mass is 79.9. The molecule has 2 nitrogen and oxygen atoms in total. The molecule has 2 aromatic rings. The highest BCUT2D eigenvalue weighted by Crippen LogP contribution is 2.28. The van der Waals surface area contributed by atoms with Crippen LogP contribution in [0.2, 0.25) is 0 Å². The standard InChI is InChI=1S/C15H14BrFO2/c1-19-11-6-7-13(16)10(8-11)9-15(18)12-4-2-3-5-14(12)17/h2-8,15,18H,9H2,1H3. The summed E-state index contributed by atoms with van der Waals surface area (Å²) in [6.07, 6.45) is -0.566. The van der Waals surface area contributed by atoms with E-state index in [-0.39, 0.29) is 0 Å². The van der Waals surface area contributed by atoms with E-state index in [4.69, 9.17) is 4.74 Å². The molecule has 4 heteroatoms. The summed E-state index contributed by atoms with van der Waals surface area (Å²) in [6, 6.07) is 11.8. The number of aliphatic hydroxyl groups excluding tert-OH is 1. The van der Waals surface area contributed by atoms with E-state index in [0.717, 1.165) is 10.0 Å². The predicted molar refractivity (Wildman–Crippen MR) is 75.8 cm³/mol. The van der Waals surface area contributed by atoms with Crippen LogP contribution in [0.15, 0.2) is 46.9 Å². The van der Waals surface area contributed by atoms with Crippen molar-refractivity contribution in [2.45, 2.75) is 12.5 Å². The number of aliphatic hydroxyl groups is 1. The van der Waals surface area contributed by atoms with Crippen LogP contribution in [-0.4, -0.2) is 12.2 Å². The van der Waals surface area contributed by atoms with Gasteiger partial charge in [0.15, 0.2) is 0 Å². The quantitative estimate of drug-likeness (QED) is 0.925. The summed E-state index contributed by atoms with van der Waals surface area (Å²) < 4.78 is 19.6. The first-order valence-electron chi connectivity index (χ1n) is 5.86. The Kier molecular flexibility index (Phi) is 4.56. The van der Waals surface area contributed by atoms with Gasteiger partial charge in [-0.15, -0.1) is 0 Å². The minimum atomic E-state index is -0.885. The highest BCUT2D eigenvalue weighted by Gasteiger charge is 2.14. The van der Waals surface area contributed by atoms with Crippen LogP contribution >= 0.6 is 15.9 Å². The second-order valence-electron chi connectivity index (χ2n) is 4.20. The Balaban J connectivity index is 2.24. The van der Waals surface area contributed by atoms with Gasteiger partial charge in [0.2, 0.25) is 0 Å². The van der Waals surface area contributed by atoms with Crippen LogP contribution in [0.25, 0.3) is 0 Å². The monoisotopic (exact) mass is 324 g/mol. The number of benzene rings is 2. The van der Waals surface area contributed by atoms with Crippen molar-refractivity contribution in [1.29, 1.82) is 0 Å². The van der Waals surface area contributed by atoms with Gasteiger partial charge in [-0.2, -0.15) is 0 Å². The second-order valence-corrected chi connectivity index (χ2v) is 5.05. The summed E-state index contributed by atoms with van der Waals surface area (Å²) in [5.74, 6) is 0.313. The summed E-state index contributed by atoms with van der Waals surface area (Å²) in [5.41, 5.74) is 1.17. The molecule has 0 spiro atoms. The Morgan fingerprint density at radius 1 is 1.26 bits per heavy atom. The van der Waals surface area contributed by atoms with Crippen LogP contribution in [0.5, 0.6) is 5.75 Å². The Hall–Kier alpha value is -1.39. The van der Waals surface area contributed by atoms with Crippen molar-refractivity contribution in [3.63, 3.8) is 0 Å². The fraction of sp³-hybridized carbons (Fsp3) is 0.200. The molecule has 2 rings (SSSR count). The third-order valence-corrected chi connectivity index (χ3v) is 3.70. The van der Waals surface area contributed by atoms with Crippen LogP contribution in [0.3, 0.4) is 0 Å². The first-order valence-corrected chi connectivity index (χ1v) is 6.66. The minimum absolute atomic E-state index is 0.303. The molecule has 1 atom stereocenters. The summed E-state index contributed by atoms with van der Waals surface area (Å²) in [6.45, 7) is 0. The smallest absolute Gasteiger partial charge is 0.129 e. The van der Waals surface area contributed by atoms with Crippen molar-refractivity contribution >= 4 is 15.9 Å². The van der Waals surface area contributed by atoms with Gasteiger partial charge in [0, 0.05) is 16.5 Å². The van der Waals surface area contributed by atoms with Crippen molar-refractivity contribution in [2.75, 3.05) is 7.11 Å².